The Hall–Kier alpha value is -0.550. The molecule has 0 radical (unpaired) electrons. The van der Waals surface area contributed by atoms with E-state index in [4.69, 9.17) is 5.11 Å². The van der Waals surface area contributed by atoms with E-state index in [-0.39, 0.29) is 6.61 Å². The first-order valence-corrected chi connectivity index (χ1v) is 8.53. The van der Waals surface area contributed by atoms with Crippen molar-refractivity contribution in [1.82, 2.24) is 9.80 Å². The summed E-state index contributed by atoms with van der Waals surface area (Å²) in [5, 5.41) is 8.96. The number of benzene rings is 1. The van der Waals surface area contributed by atoms with Crippen LogP contribution in [0.2, 0.25) is 0 Å². The Balaban J connectivity index is 1.64. The molecule has 1 aromatic carbocycles. The van der Waals surface area contributed by atoms with Crippen LogP contribution in [0.1, 0.15) is 13.3 Å². The third-order valence-electron chi connectivity index (χ3n) is 3.99. The van der Waals surface area contributed by atoms with Gasteiger partial charge >= 0.3 is 0 Å². The van der Waals surface area contributed by atoms with Gasteiger partial charge in [-0.3, -0.25) is 9.80 Å². The molecule has 1 aliphatic heterocycles. The highest BCUT2D eigenvalue weighted by Crippen LogP contribution is 2.20. The van der Waals surface area contributed by atoms with Crippen molar-refractivity contribution < 1.29 is 5.11 Å². The van der Waals surface area contributed by atoms with Crippen LogP contribution >= 0.6 is 11.8 Å². The summed E-state index contributed by atoms with van der Waals surface area (Å²) in [5.74, 6) is 1.18. The number of piperazine rings is 1. The fourth-order valence-corrected chi connectivity index (χ4v) is 3.66. The van der Waals surface area contributed by atoms with Crippen molar-refractivity contribution in [3.8, 4) is 0 Å². The van der Waals surface area contributed by atoms with E-state index in [1.165, 1.54) is 17.1 Å². The second-order valence-electron chi connectivity index (χ2n) is 5.40. The lowest BCUT2D eigenvalue weighted by Crippen LogP contribution is -2.50. The Morgan fingerprint density at radius 3 is 2.50 bits per heavy atom. The lowest BCUT2D eigenvalue weighted by atomic mass is 10.2. The summed E-state index contributed by atoms with van der Waals surface area (Å²) in [4.78, 5) is 6.30. The Morgan fingerprint density at radius 2 is 1.85 bits per heavy atom. The maximum absolute atomic E-state index is 8.96. The molecule has 1 N–H and O–H groups in total. The third-order valence-corrected chi connectivity index (χ3v) is 5.04. The van der Waals surface area contributed by atoms with Crippen molar-refractivity contribution >= 4 is 11.8 Å². The Kier molecular flexibility index (Phi) is 6.87. The molecular formula is C16H26N2OS. The predicted molar refractivity (Wildman–Crippen MR) is 86.3 cm³/mol. The van der Waals surface area contributed by atoms with E-state index in [1.54, 1.807) is 0 Å². The van der Waals surface area contributed by atoms with Crippen LogP contribution in [0.5, 0.6) is 0 Å². The van der Waals surface area contributed by atoms with Gasteiger partial charge in [0.1, 0.15) is 0 Å². The van der Waals surface area contributed by atoms with Gasteiger partial charge in [0.2, 0.25) is 0 Å². The molecule has 1 aliphatic rings. The molecule has 112 valence electrons. The lowest BCUT2D eigenvalue weighted by molar-refractivity contribution is 0.0880. The molecule has 1 aromatic rings. The summed E-state index contributed by atoms with van der Waals surface area (Å²) in [7, 11) is 0. The second kappa shape index (κ2) is 8.67. The zero-order chi connectivity index (χ0) is 14.2. The molecule has 1 unspecified atom stereocenters. The first-order chi connectivity index (χ1) is 9.79. The quantitative estimate of drug-likeness (QED) is 0.780. The third kappa shape index (κ3) is 5.09. The molecule has 0 amide bonds. The maximum atomic E-state index is 8.96. The summed E-state index contributed by atoms with van der Waals surface area (Å²) in [6.07, 6.45) is 1.24. The van der Waals surface area contributed by atoms with E-state index in [1.807, 2.05) is 11.8 Å². The summed E-state index contributed by atoms with van der Waals surface area (Å²) >= 11 is 1.95. The number of aliphatic hydroxyl groups is 1. The minimum absolute atomic E-state index is 0.281. The van der Waals surface area contributed by atoms with Crippen molar-refractivity contribution in [3.63, 3.8) is 0 Å². The van der Waals surface area contributed by atoms with Gasteiger partial charge in [0.25, 0.3) is 0 Å². The van der Waals surface area contributed by atoms with Gasteiger partial charge in [0.05, 0.1) is 6.61 Å². The van der Waals surface area contributed by atoms with Crippen LogP contribution < -0.4 is 0 Å². The fourth-order valence-electron chi connectivity index (χ4n) is 2.62. The van der Waals surface area contributed by atoms with Gasteiger partial charge in [-0.25, -0.2) is 0 Å². The van der Waals surface area contributed by atoms with E-state index in [9.17, 15) is 0 Å². The number of β-amino-alcohol motifs (C(OH)–C–C–N with tert-alkyl or cyclic N) is 1. The summed E-state index contributed by atoms with van der Waals surface area (Å²) < 4.78 is 0. The summed E-state index contributed by atoms with van der Waals surface area (Å²) in [6, 6.07) is 11.3. The van der Waals surface area contributed by atoms with Gasteiger partial charge in [-0.15, -0.1) is 11.8 Å². The maximum Gasteiger partial charge on any atom is 0.0558 e. The molecule has 1 fully saturated rings. The van der Waals surface area contributed by atoms with Crippen LogP contribution in [0.15, 0.2) is 35.2 Å². The largest absolute Gasteiger partial charge is 0.395 e. The standard InChI is InChI=1S/C16H26N2OS/c1-15(7-14-20-16-5-3-2-4-6-16)18-10-8-17(9-11-18)12-13-19/h2-6,15,19H,7-14H2,1H3. The monoisotopic (exact) mass is 294 g/mol. The Morgan fingerprint density at radius 1 is 1.15 bits per heavy atom. The summed E-state index contributed by atoms with van der Waals surface area (Å²) in [5.41, 5.74) is 0. The van der Waals surface area contributed by atoms with E-state index in [0.717, 1.165) is 32.7 Å². The minimum atomic E-state index is 0.281. The minimum Gasteiger partial charge on any atom is -0.395 e. The highest BCUT2D eigenvalue weighted by molar-refractivity contribution is 7.99. The molecule has 4 heteroatoms. The predicted octanol–water partition coefficient (Wildman–Crippen LogP) is 2.17. The molecule has 0 saturated carbocycles. The second-order valence-corrected chi connectivity index (χ2v) is 6.57. The van der Waals surface area contributed by atoms with Crippen LogP contribution in [-0.2, 0) is 0 Å². The average molecular weight is 294 g/mol. The number of aliphatic hydroxyl groups excluding tert-OH is 1. The smallest absolute Gasteiger partial charge is 0.0558 e. The fraction of sp³-hybridized carbons (Fsp3) is 0.625. The number of rotatable bonds is 7. The van der Waals surface area contributed by atoms with Crippen LogP contribution in [-0.4, -0.2) is 66.0 Å². The molecular weight excluding hydrogens is 268 g/mol. The van der Waals surface area contributed by atoms with Crippen LogP contribution in [0.25, 0.3) is 0 Å². The summed E-state index contributed by atoms with van der Waals surface area (Å²) in [6.45, 7) is 7.91. The zero-order valence-corrected chi connectivity index (χ0v) is 13.2. The van der Waals surface area contributed by atoms with Gasteiger partial charge in [-0.05, 0) is 31.2 Å². The number of thioether (sulfide) groups is 1. The van der Waals surface area contributed by atoms with E-state index in [2.05, 4.69) is 47.1 Å². The van der Waals surface area contributed by atoms with E-state index < -0.39 is 0 Å². The highest BCUT2D eigenvalue weighted by Gasteiger charge is 2.20. The SMILES string of the molecule is CC(CCSc1ccccc1)N1CCN(CCO)CC1. The van der Waals surface area contributed by atoms with Crippen molar-refractivity contribution in [2.75, 3.05) is 45.1 Å². The van der Waals surface area contributed by atoms with Gasteiger partial charge < -0.3 is 5.11 Å². The van der Waals surface area contributed by atoms with Crippen molar-refractivity contribution in [2.45, 2.75) is 24.3 Å². The molecule has 0 aliphatic carbocycles. The first kappa shape index (κ1) is 15.8. The number of hydrogen-bond donors (Lipinski definition) is 1. The van der Waals surface area contributed by atoms with Crippen LogP contribution in [0.4, 0.5) is 0 Å². The van der Waals surface area contributed by atoms with Gasteiger partial charge in [-0.1, -0.05) is 18.2 Å². The Labute approximate surface area is 127 Å². The Bertz CT molecular complexity index is 366. The number of nitrogens with zero attached hydrogens (tertiary/aromatic N) is 2. The topological polar surface area (TPSA) is 26.7 Å². The molecule has 0 aromatic heterocycles. The molecule has 2 rings (SSSR count). The molecule has 0 spiro atoms. The zero-order valence-electron chi connectivity index (χ0n) is 12.4. The van der Waals surface area contributed by atoms with Gasteiger partial charge in [0, 0.05) is 43.7 Å². The highest BCUT2D eigenvalue weighted by atomic mass is 32.2. The first-order valence-electron chi connectivity index (χ1n) is 7.54. The van der Waals surface area contributed by atoms with Gasteiger partial charge in [0.15, 0.2) is 0 Å². The van der Waals surface area contributed by atoms with Crippen molar-refractivity contribution in [1.29, 1.82) is 0 Å². The molecule has 1 heterocycles. The van der Waals surface area contributed by atoms with Crippen molar-refractivity contribution in [2.24, 2.45) is 0 Å². The van der Waals surface area contributed by atoms with Crippen LogP contribution in [0, 0.1) is 0 Å². The van der Waals surface area contributed by atoms with Gasteiger partial charge in [-0.2, -0.15) is 0 Å². The normalized spacial score (nSPS) is 19.1. The molecule has 1 atom stereocenters. The molecule has 0 bridgehead atoms. The molecule has 3 nitrogen and oxygen atoms in total. The van der Waals surface area contributed by atoms with E-state index >= 15 is 0 Å². The van der Waals surface area contributed by atoms with E-state index in [0.29, 0.717) is 6.04 Å². The van der Waals surface area contributed by atoms with Crippen molar-refractivity contribution in [3.05, 3.63) is 30.3 Å². The van der Waals surface area contributed by atoms with Crippen LogP contribution in [0.3, 0.4) is 0 Å². The molecule has 20 heavy (non-hydrogen) atoms. The lowest BCUT2D eigenvalue weighted by Gasteiger charge is -2.37. The number of hydrogen-bond acceptors (Lipinski definition) is 4. The average Bonchev–Trinajstić information content (AvgIpc) is 2.49. The molecule has 1 saturated heterocycles.